The first-order valence-electron chi connectivity index (χ1n) is 8.65. The van der Waals surface area contributed by atoms with Crippen LogP contribution >= 0.6 is 23.1 Å². The first-order valence-corrected chi connectivity index (χ1v) is 10.4. The zero-order valence-electron chi connectivity index (χ0n) is 13.8. The molecule has 3 aromatic rings. The Bertz CT molecular complexity index is 891. The number of aliphatic hydroxyl groups is 1. The second-order valence-electron chi connectivity index (χ2n) is 6.18. The fourth-order valence-corrected chi connectivity index (χ4v) is 5.55. The minimum atomic E-state index is 0.163. The Morgan fingerprint density at radius 3 is 2.96 bits per heavy atom. The van der Waals surface area contributed by atoms with E-state index in [2.05, 4.69) is 16.9 Å². The van der Waals surface area contributed by atoms with E-state index in [1.807, 2.05) is 0 Å². The summed E-state index contributed by atoms with van der Waals surface area (Å²) in [4.78, 5) is 15.2. The monoisotopic (exact) mass is 359 g/mol. The molecule has 0 atom stereocenters. The van der Waals surface area contributed by atoms with E-state index in [0.717, 1.165) is 39.3 Å². The summed E-state index contributed by atoms with van der Waals surface area (Å²) in [6.07, 6.45) is 8.67. The molecular formula is C18H21N3OS2. The Morgan fingerprint density at radius 1 is 1.25 bits per heavy atom. The maximum Gasteiger partial charge on any atom is 0.126 e. The zero-order valence-corrected chi connectivity index (χ0v) is 15.5. The van der Waals surface area contributed by atoms with E-state index >= 15 is 0 Å². The highest BCUT2D eigenvalue weighted by Gasteiger charge is 2.24. The van der Waals surface area contributed by atoms with Gasteiger partial charge in [-0.3, -0.25) is 0 Å². The lowest BCUT2D eigenvalue weighted by molar-refractivity contribution is 0.322. The van der Waals surface area contributed by atoms with Crippen molar-refractivity contribution in [3.63, 3.8) is 0 Å². The largest absolute Gasteiger partial charge is 0.396 e. The lowest BCUT2D eigenvalue weighted by Crippen LogP contribution is -1.98. The number of aliphatic hydroxyl groups excluding tert-OH is 1. The Balaban J connectivity index is 1.92. The van der Waals surface area contributed by atoms with Crippen LogP contribution in [0.3, 0.4) is 0 Å². The molecule has 3 heterocycles. The van der Waals surface area contributed by atoms with Crippen LogP contribution in [0.1, 0.15) is 43.0 Å². The SMILES string of the molecule is CCCCc1nc2sc3c(SCCO)ncnc3c2c2c1CCC2. The van der Waals surface area contributed by atoms with E-state index < -0.39 is 0 Å². The summed E-state index contributed by atoms with van der Waals surface area (Å²) in [6.45, 7) is 2.40. The van der Waals surface area contributed by atoms with Crippen LogP contribution in [0.5, 0.6) is 0 Å². The number of unbranched alkanes of at least 4 members (excludes halogenated alkanes) is 1. The van der Waals surface area contributed by atoms with Gasteiger partial charge in [-0.05, 0) is 43.2 Å². The average molecular weight is 360 g/mol. The Morgan fingerprint density at radius 2 is 2.12 bits per heavy atom. The Hall–Kier alpha value is -1.24. The lowest BCUT2D eigenvalue weighted by Gasteiger charge is -2.08. The van der Waals surface area contributed by atoms with E-state index in [0.29, 0.717) is 5.75 Å². The van der Waals surface area contributed by atoms with Gasteiger partial charge in [0.1, 0.15) is 16.2 Å². The molecule has 0 amide bonds. The highest BCUT2D eigenvalue weighted by atomic mass is 32.2. The van der Waals surface area contributed by atoms with Crippen molar-refractivity contribution in [1.82, 2.24) is 15.0 Å². The maximum atomic E-state index is 9.11. The highest BCUT2D eigenvalue weighted by molar-refractivity contribution is 7.99. The van der Waals surface area contributed by atoms with Crippen molar-refractivity contribution in [1.29, 1.82) is 0 Å². The number of pyridine rings is 1. The first-order chi connectivity index (χ1) is 11.8. The molecule has 4 nitrogen and oxygen atoms in total. The van der Waals surface area contributed by atoms with Crippen molar-refractivity contribution < 1.29 is 5.11 Å². The van der Waals surface area contributed by atoms with Crippen molar-refractivity contribution in [2.75, 3.05) is 12.4 Å². The summed E-state index contributed by atoms with van der Waals surface area (Å²) >= 11 is 3.31. The molecule has 0 fully saturated rings. The molecule has 0 spiro atoms. The number of aryl methyl sites for hydroxylation is 2. The number of fused-ring (bicyclic) bond motifs is 5. The fourth-order valence-electron chi connectivity index (χ4n) is 3.55. The van der Waals surface area contributed by atoms with Gasteiger partial charge in [-0.1, -0.05) is 13.3 Å². The van der Waals surface area contributed by atoms with Crippen LogP contribution in [0.4, 0.5) is 0 Å². The number of hydrogen-bond donors (Lipinski definition) is 1. The van der Waals surface area contributed by atoms with Crippen LogP contribution in [0.2, 0.25) is 0 Å². The van der Waals surface area contributed by atoms with Crippen LogP contribution in [0.15, 0.2) is 11.4 Å². The second kappa shape index (κ2) is 6.94. The molecule has 3 aromatic heterocycles. The van der Waals surface area contributed by atoms with Gasteiger partial charge in [0.25, 0.3) is 0 Å². The van der Waals surface area contributed by atoms with Crippen molar-refractivity contribution in [2.24, 2.45) is 0 Å². The predicted molar refractivity (Wildman–Crippen MR) is 101 cm³/mol. The summed E-state index contributed by atoms with van der Waals surface area (Å²) in [5.41, 5.74) is 5.33. The number of aromatic nitrogens is 3. The van der Waals surface area contributed by atoms with Gasteiger partial charge in [0, 0.05) is 16.8 Å². The van der Waals surface area contributed by atoms with Crippen molar-refractivity contribution in [2.45, 2.75) is 50.5 Å². The molecule has 0 saturated carbocycles. The van der Waals surface area contributed by atoms with Gasteiger partial charge in [0.2, 0.25) is 0 Å². The van der Waals surface area contributed by atoms with Gasteiger partial charge >= 0.3 is 0 Å². The van der Waals surface area contributed by atoms with Gasteiger partial charge in [0.15, 0.2) is 0 Å². The van der Waals surface area contributed by atoms with Gasteiger partial charge in [0.05, 0.1) is 16.8 Å². The number of thiophene rings is 1. The zero-order chi connectivity index (χ0) is 16.5. The van der Waals surface area contributed by atoms with Gasteiger partial charge in [-0.15, -0.1) is 23.1 Å². The Labute approximate surface area is 149 Å². The topological polar surface area (TPSA) is 58.9 Å². The molecule has 0 unspecified atom stereocenters. The van der Waals surface area contributed by atoms with Crippen LogP contribution in [0.25, 0.3) is 20.4 Å². The predicted octanol–water partition coefficient (Wildman–Crippen LogP) is 4.16. The highest BCUT2D eigenvalue weighted by Crippen LogP contribution is 2.41. The number of nitrogens with zero attached hydrogens (tertiary/aromatic N) is 3. The maximum absolute atomic E-state index is 9.11. The molecule has 4 rings (SSSR count). The van der Waals surface area contributed by atoms with Crippen LogP contribution in [-0.4, -0.2) is 32.4 Å². The third kappa shape index (κ3) is 2.70. The van der Waals surface area contributed by atoms with E-state index in [1.165, 1.54) is 41.5 Å². The van der Waals surface area contributed by atoms with E-state index in [9.17, 15) is 0 Å². The molecule has 1 N–H and O–H groups in total. The summed E-state index contributed by atoms with van der Waals surface area (Å²) in [6, 6.07) is 0. The van der Waals surface area contributed by atoms with Crippen LogP contribution in [-0.2, 0) is 19.3 Å². The number of rotatable bonds is 6. The first kappa shape index (κ1) is 16.2. The third-order valence-corrected chi connectivity index (χ3v) is 6.80. The van der Waals surface area contributed by atoms with Crippen LogP contribution in [0, 0.1) is 0 Å². The molecule has 0 aromatic carbocycles. The molecule has 0 radical (unpaired) electrons. The fraction of sp³-hybridized carbons (Fsp3) is 0.500. The molecule has 0 bridgehead atoms. The van der Waals surface area contributed by atoms with Gasteiger partial charge in [-0.25, -0.2) is 15.0 Å². The summed E-state index contributed by atoms with van der Waals surface area (Å²) in [5.74, 6) is 0.660. The average Bonchev–Trinajstić information content (AvgIpc) is 3.21. The molecule has 0 saturated heterocycles. The molecule has 126 valence electrons. The van der Waals surface area contributed by atoms with Crippen LogP contribution < -0.4 is 0 Å². The molecule has 0 aliphatic heterocycles. The summed E-state index contributed by atoms with van der Waals surface area (Å²) < 4.78 is 1.13. The van der Waals surface area contributed by atoms with Gasteiger partial charge < -0.3 is 5.11 Å². The molecular weight excluding hydrogens is 338 g/mol. The summed E-state index contributed by atoms with van der Waals surface area (Å²) in [7, 11) is 0. The standard InChI is InChI=1S/C18H21N3OS2/c1-2-3-7-13-11-5-4-6-12(11)14-15-16(24-17(14)21-13)18(20-10-19-15)23-9-8-22/h10,22H,2-9H2,1H3. The van der Waals surface area contributed by atoms with Crippen molar-refractivity contribution in [3.05, 3.63) is 23.1 Å². The molecule has 1 aliphatic carbocycles. The summed E-state index contributed by atoms with van der Waals surface area (Å²) in [5, 5.41) is 11.3. The second-order valence-corrected chi connectivity index (χ2v) is 8.27. The third-order valence-electron chi connectivity index (χ3n) is 4.62. The van der Waals surface area contributed by atoms with E-state index in [1.54, 1.807) is 29.4 Å². The van der Waals surface area contributed by atoms with E-state index in [-0.39, 0.29) is 6.61 Å². The number of thioether (sulfide) groups is 1. The molecule has 1 aliphatic rings. The molecule has 6 heteroatoms. The number of hydrogen-bond acceptors (Lipinski definition) is 6. The van der Waals surface area contributed by atoms with Crippen molar-refractivity contribution >= 4 is 43.5 Å². The molecule has 24 heavy (non-hydrogen) atoms. The lowest BCUT2D eigenvalue weighted by atomic mass is 10.0. The van der Waals surface area contributed by atoms with E-state index in [4.69, 9.17) is 10.1 Å². The van der Waals surface area contributed by atoms with Crippen molar-refractivity contribution in [3.8, 4) is 0 Å². The smallest absolute Gasteiger partial charge is 0.126 e. The minimum absolute atomic E-state index is 0.163. The minimum Gasteiger partial charge on any atom is -0.396 e. The van der Waals surface area contributed by atoms with Gasteiger partial charge in [-0.2, -0.15) is 0 Å². The Kier molecular flexibility index (Phi) is 4.70. The normalized spacial score (nSPS) is 13.9. The quantitative estimate of drug-likeness (QED) is 0.529.